The quantitative estimate of drug-likeness (QED) is 0.470. The molecule has 0 aromatic heterocycles. The van der Waals surface area contributed by atoms with Crippen molar-refractivity contribution >= 4 is 35.0 Å². The fourth-order valence-corrected chi connectivity index (χ4v) is 7.43. The van der Waals surface area contributed by atoms with E-state index in [0.717, 1.165) is 24.8 Å². The highest BCUT2D eigenvalue weighted by molar-refractivity contribution is 6.30. The van der Waals surface area contributed by atoms with Gasteiger partial charge in [0.1, 0.15) is 17.4 Å². The van der Waals surface area contributed by atoms with Gasteiger partial charge in [-0.3, -0.25) is 14.4 Å². The van der Waals surface area contributed by atoms with Gasteiger partial charge in [0, 0.05) is 23.3 Å². The number of hydrogen-bond donors (Lipinski definition) is 2. The van der Waals surface area contributed by atoms with Gasteiger partial charge in [-0.15, -0.1) is 0 Å². The monoisotopic (exact) mass is 577 g/mol. The number of amides is 3. The minimum Gasteiger partial charge on any atom is -0.497 e. The summed E-state index contributed by atoms with van der Waals surface area (Å²) in [6, 6.07) is 13.4. The van der Waals surface area contributed by atoms with Gasteiger partial charge in [-0.05, 0) is 54.2 Å². The summed E-state index contributed by atoms with van der Waals surface area (Å²) in [5.74, 6) is -0.986. The molecule has 2 aromatic carbocycles. The zero-order valence-electron chi connectivity index (χ0n) is 23.5. The zero-order chi connectivity index (χ0) is 28.9. The second-order valence-electron chi connectivity index (χ2n) is 11.9. The first kappa shape index (κ1) is 27.8. The molecule has 2 saturated heterocycles. The van der Waals surface area contributed by atoms with Gasteiger partial charge in [-0.1, -0.05) is 68.6 Å². The molecule has 1 aliphatic carbocycles. The highest BCUT2D eigenvalue weighted by Gasteiger charge is 2.72. The van der Waals surface area contributed by atoms with Gasteiger partial charge in [0.2, 0.25) is 17.7 Å². The lowest BCUT2D eigenvalue weighted by Crippen LogP contribution is -2.57. The average Bonchev–Trinajstić information content (AvgIpc) is 3.59. The lowest BCUT2D eigenvalue weighted by atomic mass is 9.73. The van der Waals surface area contributed by atoms with Gasteiger partial charge in [0.15, 0.2) is 0 Å². The topological polar surface area (TPSA) is 97.0 Å². The lowest BCUT2D eigenvalue weighted by molar-refractivity contribution is -0.142. The Morgan fingerprint density at radius 2 is 1.93 bits per heavy atom. The number of nitrogens with one attached hydrogen (secondary N) is 2. The van der Waals surface area contributed by atoms with Crippen molar-refractivity contribution in [2.24, 2.45) is 23.7 Å². The largest absolute Gasteiger partial charge is 0.497 e. The van der Waals surface area contributed by atoms with Gasteiger partial charge < -0.3 is 25.0 Å². The number of halogens is 1. The van der Waals surface area contributed by atoms with E-state index in [-0.39, 0.29) is 30.3 Å². The van der Waals surface area contributed by atoms with Crippen LogP contribution in [0.25, 0.3) is 0 Å². The summed E-state index contributed by atoms with van der Waals surface area (Å²) in [4.78, 5) is 43.7. The van der Waals surface area contributed by atoms with Crippen LogP contribution >= 0.6 is 11.6 Å². The van der Waals surface area contributed by atoms with E-state index in [4.69, 9.17) is 21.1 Å². The number of carbonyl (C=O) groups is 3. The Labute approximate surface area is 245 Å². The van der Waals surface area contributed by atoms with Crippen molar-refractivity contribution in [2.45, 2.75) is 63.4 Å². The standard InChI is InChI=1S/C32H36ClN3O5/c1-18-7-4-12-24(19(18)2)35-30(38)28-32-14-13-25(41-32)26(29(37)34-22-10-6-9-21(33)16-22)27(32)31(39)36(28)17-20-8-5-11-23(15-20)40-3/h5-6,8-11,13-16,18-19,24-28H,4,7,12,17H2,1-3H3,(H,34,37)(H,35,38)/t18?,19?,24?,25-,26?,27-,28?,32?/m0/s1. The summed E-state index contributed by atoms with van der Waals surface area (Å²) < 4.78 is 11.9. The molecule has 3 fully saturated rings. The van der Waals surface area contributed by atoms with Gasteiger partial charge in [-0.25, -0.2) is 0 Å². The number of hydrogen-bond acceptors (Lipinski definition) is 5. The second kappa shape index (κ2) is 10.8. The van der Waals surface area contributed by atoms with Crippen molar-refractivity contribution in [3.8, 4) is 5.75 Å². The molecule has 2 bridgehead atoms. The average molecular weight is 578 g/mol. The van der Waals surface area contributed by atoms with Crippen LogP contribution in [0.2, 0.25) is 5.02 Å². The van der Waals surface area contributed by atoms with E-state index in [1.165, 1.54) is 0 Å². The molecular formula is C32H36ClN3O5. The zero-order valence-corrected chi connectivity index (χ0v) is 24.3. The fourth-order valence-electron chi connectivity index (χ4n) is 7.24. The first-order chi connectivity index (χ1) is 19.7. The highest BCUT2D eigenvalue weighted by atomic mass is 35.5. The Balaban J connectivity index is 1.34. The Kier molecular flexibility index (Phi) is 7.32. The van der Waals surface area contributed by atoms with Gasteiger partial charge >= 0.3 is 0 Å². The van der Waals surface area contributed by atoms with E-state index >= 15 is 0 Å². The molecule has 2 aromatic rings. The molecule has 3 amide bonds. The number of ether oxygens (including phenoxy) is 2. The molecule has 2 N–H and O–H groups in total. The molecule has 9 heteroatoms. The molecule has 1 spiro atoms. The summed E-state index contributed by atoms with van der Waals surface area (Å²) in [5.41, 5.74) is 0.131. The van der Waals surface area contributed by atoms with Crippen LogP contribution in [0.5, 0.6) is 5.75 Å². The number of likely N-dealkylation sites (tertiary alicyclic amines) is 1. The van der Waals surface area contributed by atoms with Crippen LogP contribution in [0.4, 0.5) is 5.69 Å². The van der Waals surface area contributed by atoms with Crippen molar-refractivity contribution in [3.05, 3.63) is 71.3 Å². The summed E-state index contributed by atoms with van der Waals surface area (Å²) in [6.07, 6.45) is 6.14. The van der Waals surface area contributed by atoms with Crippen LogP contribution in [0.3, 0.4) is 0 Å². The maximum absolute atomic E-state index is 14.3. The molecular weight excluding hydrogens is 542 g/mol. The van der Waals surface area contributed by atoms with Crippen LogP contribution in [-0.2, 0) is 25.7 Å². The minimum absolute atomic E-state index is 0.0139. The van der Waals surface area contributed by atoms with Crippen molar-refractivity contribution in [3.63, 3.8) is 0 Å². The molecule has 6 unspecified atom stereocenters. The normalized spacial score (nSPS) is 33.5. The van der Waals surface area contributed by atoms with Crippen LogP contribution in [0.15, 0.2) is 60.7 Å². The Morgan fingerprint density at radius 1 is 1.12 bits per heavy atom. The molecule has 6 rings (SSSR count). The van der Waals surface area contributed by atoms with Crippen LogP contribution in [0.1, 0.15) is 38.7 Å². The third kappa shape index (κ3) is 4.81. The van der Waals surface area contributed by atoms with Crippen LogP contribution in [-0.4, -0.2) is 53.5 Å². The molecule has 0 radical (unpaired) electrons. The molecule has 216 valence electrons. The number of benzene rings is 2. The predicted molar refractivity (Wildman–Crippen MR) is 155 cm³/mol. The van der Waals surface area contributed by atoms with Gasteiger partial charge in [0.25, 0.3) is 0 Å². The predicted octanol–water partition coefficient (Wildman–Crippen LogP) is 4.58. The second-order valence-corrected chi connectivity index (χ2v) is 12.3. The van der Waals surface area contributed by atoms with Crippen molar-refractivity contribution in [2.75, 3.05) is 12.4 Å². The molecule has 3 aliphatic heterocycles. The first-order valence-corrected chi connectivity index (χ1v) is 14.8. The van der Waals surface area contributed by atoms with E-state index in [2.05, 4.69) is 24.5 Å². The lowest BCUT2D eigenvalue weighted by Gasteiger charge is -2.38. The van der Waals surface area contributed by atoms with Crippen LogP contribution < -0.4 is 15.4 Å². The molecule has 8 nitrogen and oxygen atoms in total. The number of rotatable bonds is 7. The van der Waals surface area contributed by atoms with Gasteiger partial charge in [0.05, 0.1) is 25.0 Å². The van der Waals surface area contributed by atoms with Gasteiger partial charge in [-0.2, -0.15) is 0 Å². The summed E-state index contributed by atoms with van der Waals surface area (Å²) in [7, 11) is 1.59. The number of nitrogens with zero attached hydrogens (tertiary/aromatic N) is 1. The fraction of sp³-hybridized carbons (Fsp3) is 0.469. The smallest absolute Gasteiger partial charge is 0.246 e. The third-order valence-electron chi connectivity index (χ3n) is 9.54. The van der Waals surface area contributed by atoms with Crippen LogP contribution in [0, 0.1) is 23.7 Å². The number of anilines is 1. The minimum atomic E-state index is -1.23. The molecule has 8 atom stereocenters. The third-order valence-corrected chi connectivity index (χ3v) is 9.77. The summed E-state index contributed by atoms with van der Waals surface area (Å²) in [5, 5.41) is 6.70. The van der Waals surface area contributed by atoms with E-state index < -0.39 is 29.6 Å². The Morgan fingerprint density at radius 3 is 2.71 bits per heavy atom. The Bertz CT molecular complexity index is 1400. The first-order valence-electron chi connectivity index (χ1n) is 14.4. The summed E-state index contributed by atoms with van der Waals surface area (Å²) >= 11 is 6.13. The highest BCUT2D eigenvalue weighted by Crippen LogP contribution is 2.55. The Hall–Kier alpha value is -3.36. The van der Waals surface area contributed by atoms with E-state index in [1.54, 1.807) is 36.3 Å². The maximum Gasteiger partial charge on any atom is 0.246 e. The summed E-state index contributed by atoms with van der Waals surface area (Å²) in [6.45, 7) is 4.59. The van der Waals surface area contributed by atoms with E-state index in [0.29, 0.717) is 28.3 Å². The molecule has 4 aliphatic rings. The van der Waals surface area contributed by atoms with Crippen molar-refractivity contribution in [1.82, 2.24) is 10.2 Å². The maximum atomic E-state index is 14.3. The number of carbonyl (C=O) groups excluding carboxylic acids is 3. The van der Waals surface area contributed by atoms with Crippen molar-refractivity contribution < 1.29 is 23.9 Å². The number of methoxy groups -OCH3 is 1. The molecule has 41 heavy (non-hydrogen) atoms. The number of fused-ring (bicyclic) bond motifs is 1. The van der Waals surface area contributed by atoms with Crippen molar-refractivity contribution in [1.29, 1.82) is 0 Å². The SMILES string of the molecule is COc1cccc(CN2C(=O)[C@@H]3C(C(=O)Nc4cccc(Cl)c4)[C@@H]4C=CC3(O4)C2C(=O)NC2CCCC(C)C2C)c1. The van der Waals surface area contributed by atoms with E-state index in [9.17, 15) is 14.4 Å². The van der Waals surface area contributed by atoms with E-state index in [1.807, 2.05) is 36.4 Å². The molecule has 1 saturated carbocycles. The molecule has 3 heterocycles.